The van der Waals surface area contributed by atoms with Gasteiger partial charge in [0.05, 0.1) is 0 Å². The first kappa shape index (κ1) is 16.9. The fourth-order valence-corrected chi connectivity index (χ4v) is 2.14. The van der Waals surface area contributed by atoms with E-state index in [1.165, 1.54) is 23.0 Å². The molecule has 0 radical (unpaired) electrons. The summed E-state index contributed by atoms with van der Waals surface area (Å²) in [5, 5.41) is 7.28. The number of carbonyl (C=O) groups is 1. The number of benzene rings is 2. The van der Waals surface area contributed by atoms with Crippen LogP contribution < -0.4 is 10.1 Å². The number of nitrogens with one attached hydrogen (secondary N) is 1. The van der Waals surface area contributed by atoms with Gasteiger partial charge in [0.1, 0.15) is 5.82 Å². The van der Waals surface area contributed by atoms with E-state index in [0.29, 0.717) is 10.7 Å². The third-order valence-electron chi connectivity index (χ3n) is 3.22. The predicted molar refractivity (Wildman–Crippen MR) is 88.6 cm³/mol. The third-order valence-corrected chi connectivity index (χ3v) is 3.47. The Labute approximate surface area is 146 Å². The number of hydrogen-bond acceptors (Lipinski definition) is 3. The van der Waals surface area contributed by atoms with Crippen molar-refractivity contribution < 1.29 is 18.3 Å². The van der Waals surface area contributed by atoms with E-state index >= 15 is 0 Å². The molecule has 0 fully saturated rings. The Kier molecular flexibility index (Phi) is 4.95. The number of carbonyl (C=O) groups excluding carboxylic acids is 1. The van der Waals surface area contributed by atoms with Crippen molar-refractivity contribution in [3.63, 3.8) is 0 Å². The Balaban J connectivity index is 1.61. The summed E-state index contributed by atoms with van der Waals surface area (Å²) < 4.78 is 32.9. The summed E-state index contributed by atoms with van der Waals surface area (Å²) in [5.41, 5.74) is 0.742. The molecule has 1 aromatic heterocycles. The summed E-state index contributed by atoms with van der Waals surface area (Å²) in [7, 11) is 0. The van der Waals surface area contributed by atoms with Crippen LogP contribution >= 0.6 is 11.6 Å². The number of halogens is 3. The number of rotatable bonds is 5. The highest BCUT2D eigenvalue weighted by atomic mass is 35.5. The van der Waals surface area contributed by atoms with Gasteiger partial charge in [-0.1, -0.05) is 11.6 Å². The lowest BCUT2D eigenvalue weighted by molar-refractivity contribution is 0.102. The normalized spacial score (nSPS) is 10.5. The smallest absolute Gasteiger partial charge is 0.276 e. The standard InChI is InChI=1S/C17H12ClF2N3O2/c18-11-1-4-13(5-2-11)21-17(24)15-7-8-23(22-15)10-25-16-6-3-12(19)9-14(16)20/h1-9H,10H2,(H,21,24). The molecule has 0 bridgehead atoms. The summed E-state index contributed by atoms with van der Waals surface area (Å²) in [4.78, 5) is 12.1. The van der Waals surface area contributed by atoms with Crippen LogP contribution in [0.3, 0.4) is 0 Å². The molecule has 2 aromatic carbocycles. The minimum atomic E-state index is -0.812. The molecule has 0 aliphatic heterocycles. The predicted octanol–water partition coefficient (Wildman–Crippen LogP) is 4.10. The van der Waals surface area contributed by atoms with Crippen molar-refractivity contribution in [1.82, 2.24) is 9.78 Å². The summed E-state index contributed by atoms with van der Waals surface area (Å²) in [6.45, 7) is -0.128. The van der Waals surface area contributed by atoms with Gasteiger partial charge in [0, 0.05) is 23.0 Å². The number of hydrogen-bond donors (Lipinski definition) is 1. The van der Waals surface area contributed by atoms with Crippen LogP contribution in [0, 0.1) is 11.6 Å². The van der Waals surface area contributed by atoms with E-state index in [1.807, 2.05) is 0 Å². The Bertz CT molecular complexity index is 897. The van der Waals surface area contributed by atoms with E-state index in [0.717, 1.165) is 12.1 Å². The molecule has 5 nitrogen and oxygen atoms in total. The highest BCUT2D eigenvalue weighted by Crippen LogP contribution is 2.18. The van der Waals surface area contributed by atoms with Gasteiger partial charge in [-0.05, 0) is 42.5 Å². The second-order valence-corrected chi connectivity index (χ2v) is 5.49. The van der Waals surface area contributed by atoms with Gasteiger partial charge < -0.3 is 10.1 Å². The zero-order valence-corrected chi connectivity index (χ0v) is 13.5. The molecule has 1 amide bonds. The van der Waals surface area contributed by atoms with Gasteiger partial charge >= 0.3 is 0 Å². The lowest BCUT2D eigenvalue weighted by Crippen LogP contribution is -2.14. The topological polar surface area (TPSA) is 56.2 Å². The van der Waals surface area contributed by atoms with Crippen molar-refractivity contribution in [3.8, 4) is 5.75 Å². The minimum absolute atomic E-state index is 0.107. The van der Waals surface area contributed by atoms with Crippen LogP contribution in [-0.4, -0.2) is 15.7 Å². The van der Waals surface area contributed by atoms with E-state index in [-0.39, 0.29) is 18.2 Å². The SMILES string of the molecule is O=C(Nc1ccc(Cl)cc1)c1ccn(COc2ccc(F)cc2F)n1. The van der Waals surface area contributed by atoms with Gasteiger partial charge in [0.25, 0.3) is 5.91 Å². The van der Waals surface area contributed by atoms with Crippen LogP contribution in [0.2, 0.25) is 5.02 Å². The van der Waals surface area contributed by atoms with E-state index < -0.39 is 17.5 Å². The van der Waals surface area contributed by atoms with Crippen LogP contribution in [0.5, 0.6) is 5.75 Å². The van der Waals surface area contributed by atoms with Crippen molar-refractivity contribution in [2.24, 2.45) is 0 Å². The van der Waals surface area contributed by atoms with Crippen LogP contribution in [0.15, 0.2) is 54.7 Å². The molecule has 1 N–H and O–H groups in total. The fraction of sp³-hybridized carbons (Fsp3) is 0.0588. The molecule has 25 heavy (non-hydrogen) atoms. The quantitative estimate of drug-likeness (QED) is 0.742. The zero-order chi connectivity index (χ0) is 17.8. The maximum absolute atomic E-state index is 13.5. The lowest BCUT2D eigenvalue weighted by Gasteiger charge is -2.07. The third kappa shape index (κ3) is 4.33. The van der Waals surface area contributed by atoms with Gasteiger partial charge in [0.2, 0.25) is 0 Å². The second kappa shape index (κ2) is 7.31. The molecule has 8 heteroatoms. The summed E-state index contributed by atoms with van der Waals surface area (Å²) in [6.07, 6.45) is 1.51. The molecule has 0 saturated heterocycles. The van der Waals surface area contributed by atoms with Crippen LogP contribution in [0.25, 0.3) is 0 Å². The van der Waals surface area contributed by atoms with Gasteiger partial charge in [-0.15, -0.1) is 0 Å². The van der Waals surface area contributed by atoms with Crippen LogP contribution in [0.1, 0.15) is 10.5 Å². The lowest BCUT2D eigenvalue weighted by atomic mass is 10.3. The number of ether oxygens (including phenoxy) is 1. The number of nitrogens with zero attached hydrogens (tertiary/aromatic N) is 2. The molecule has 1 heterocycles. The minimum Gasteiger partial charge on any atom is -0.468 e. The molecule has 0 aliphatic carbocycles. The number of anilines is 1. The van der Waals surface area contributed by atoms with E-state index in [1.54, 1.807) is 24.3 Å². The molecule has 3 aromatic rings. The molecule has 0 spiro atoms. The second-order valence-electron chi connectivity index (χ2n) is 5.05. The first-order valence-electron chi connectivity index (χ1n) is 7.19. The van der Waals surface area contributed by atoms with Gasteiger partial charge in [-0.2, -0.15) is 5.10 Å². The molecule has 3 rings (SSSR count). The Morgan fingerprint density at radius 1 is 1.16 bits per heavy atom. The van der Waals surface area contributed by atoms with Crippen molar-refractivity contribution in [2.75, 3.05) is 5.32 Å². The molecular formula is C17H12ClF2N3O2. The van der Waals surface area contributed by atoms with Crippen molar-refractivity contribution in [3.05, 3.63) is 77.1 Å². The Hall–Kier alpha value is -2.93. The van der Waals surface area contributed by atoms with Crippen molar-refractivity contribution in [2.45, 2.75) is 6.73 Å². The highest BCUT2D eigenvalue weighted by Gasteiger charge is 2.11. The summed E-state index contributed by atoms with van der Waals surface area (Å²) >= 11 is 5.78. The van der Waals surface area contributed by atoms with Crippen LogP contribution in [-0.2, 0) is 6.73 Å². The molecular weight excluding hydrogens is 352 g/mol. The number of amides is 1. The highest BCUT2D eigenvalue weighted by molar-refractivity contribution is 6.30. The van der Waals surface area contributed by atoms with Crippen LogP contribution in [0.4, 0.5) is 14.5 Å². The largest absolute Gasteiger partial charge is 0.468 e. The first-order valence-corrected chi connectivity index (χ1v) is 7.57. The Morgan fingerprint density at radius 3 is 2.64 bits per heavy atom. The van der Waals surface area contributed by atoms with Crippen molar-refractivity contribution in [1.29, 1.82) is 0 Å². The van der Waals surface area contributed by atoms with Crippen molar-refractivity contribution >= 4 is 23.2 Å². The Morgan fingerprint density at radius 2 is 1.92 bits per heavy atom. The molecule has 0 aliphatic rings. The van der Waals surface area contributed by atoms with Gasteiger partial charge in [-0.3, -0.25) is 4.79 Å². The summed E-state index contributed by atoms with van der Waals surface area (Å²) in [6, 6.07) is 11.1. The fourth-order valence-electron chi connectivity index (χ4n) is 2.01. The molecule has 0 atom stereocenters. The van der Waals surface area contributed by atoms with Gasteiger partial charge in [0.15, 0.2) is 24.0 Å². The average molecular weight is 364 g/mol. The zero-order valence-electron chi connectivity index (χ0n) is 12.7. The first-order chi connectivity index (χ1) is 12.0. The number of aromatic nitrogens is 2. The maximum Gasteiger partial charge on any atom is 0.276 e. The monoisotopic (exact) mass is 363 g/mol. The average Bonchev–Trinajstić information content (AvgIpc) is 3.05. The summed E-state index contributed by atoms with van der Waals surface area (Å²) in [5.74, 6) is -2.02. The maximum atomic E-state index is 13.5. The molecule has 0 unspecified atom stereocenters. The molecule has 128 valence electrons. The van der Waals surface area contributed by atoms with E-state index in [4.69, 9.17) is 16.3 Å². The van der Waals surface area contributed by atoms with E-state index in [2.05, 4.69) is 10.4 Å². The van der Waals surface area contributed by atoms with Gasteiger partial charge in [-0.25, -0.2) is 13.5 Å². The van der Waals surface area contributed by atoms with E-state index in [9.17, 15) is 13.6 Å². The molecule has 0 saturated carbocycles.